The van der Waals surface area contributed by atoms with Crippen molar-refractivity contribution in [2.24, 2.45) is 4.36 Å². The standard InChI is InChI=1S/C20H24FN3O6S/c1-12(25)19(27)23-31(29)7-5-14(6-8-31)17-4-3-15(9-18(17)21)24-11-16(30-20(24)28)10-22-13(2)26/h3-5,9,12,16,25H,6-8,10-11H2,1-2H3,(H,22,26)/t12-,16-,31?/m0/s1. The maximum absolute atomic E-state index is 14.8. The number of allylic oxidation sites excluding steroid dienone is 1. The fraction of sp³-hybridized carbons (Fsp3) is 0.450. The third kappa shape index (κ3) is 5.47. The van der Waals surface area contributed by atoms with E-state index in [1.54, 1.807) is 12.1 Å². The first-order valence-electron chi connectivity index (χ1n) is 9.74. The third-order valence-corrected chi connectivity index (χ3v) is 7.00. The van der Waals surface area contributed by atoms with Crippen molar-refractivity contribution in [2.75, 3.05) is 29.5 Å². The summed E-state index contributed by atoms with van der Waals surface area (Å²) in [4.78, 5) is 36.0. The van der Waals surface area contributed by atoms with Crippen LogP contribution in [0.1, 0.15) is 25.8 Å². The van der Waals surface area contributed by atoms with Crippen LogP contribution in [-0.2, 0) is 24.1 Å². The molecule has 11 heteroatoms. The van der Waals surface area contributed by atoms with Crippen LogP contribution in [0.3, 0.4) is 0 Å². The van der Waals surface area contributed by atoms with E-state index in [4.69, 9.17) is 4.74 Å². The van der Waals surface area contributed by atoms with Crippen LogP contribution < -0.4 is 10.2 Å². The fourth-order valence-corrected chi connectivity index (χ4v) is 5.10. The maximum Gasteiger partial charge on any atom is 0.414 e. The van der Waals surface area contributed by atoms with E-state index in [2.05, 4.69) is 9.68 Å². The number of halogens is 1. The van der Waals surface area contributed by atoms with E-state index in [1.165, 1.54) is 30.9 Å². The number of aliphatic hydroxyl groups excluding tert-OH is 1. The second kappa shape index (κ2) is 9.15. The second-order valence-electron chi connectivity index (χ2n) is 7.45. The average Bonchev–Trinajstić information content (AvgIpc) is 3.07. The summed E-state index contributed by atoms with van der Waals surface area (Å²) in [7, 11) is -2.82. The lowest BCUT2D eigenvalue weighted by molar-refractivity contribution is -0.124. The molecule has 3 amide bonds. The van der Waals surface area contributed by atoms with Crippen molar-refractivity contribution in [3.8, 4) is 0 Å². The first-order chi connectivity index (χ1) is 14.6. The van der Waals surface area contributed by atoms with E-state index in [9.17, 15) is 28.1 Å². The summed E-state index contributed by atoms with van der Waals surface area (Å²) in [6, 6.07) is 4.36. The molecule has 2 aliphatic heterocycles. The van der Waals surface area contributed by atoms with E-state index in [-0.39, 0.29) is 36.9 Å². The van der Waals surface area contributed by atoms with Gasteiger partial charge >= 0.3 is 6.09 Å². The molecule has 2 heterocycles. The van der Waals surface area contributed by atoms with Gasteiger partial charge in [0.25, 0.3) is 5.91 Å². The van der Waals surface area contributed by atoms with Gasteiger partial charge in [-0.3, -0.25) is 14.5 Å². The van der Waals surface area contributed by atoms with Crippen LogP contribution in [0.15, 0.2) is 28.6 Å². The number of amides is 3. The van der Waals surface area contributed by atoms with Gasteiger partial charge in [0.15, 0.2) is 0 Å². The topological polar surface area (TPSA) is 125 Å². The summed E-state index contributed by atoms with van der Waals surface area (Å²) in [5.41, 5.74) is 1.28. The lowest BCUT2D eigenvalue weighted by atomic mass is 10.0. The summed E-state index contributed by atoms with van der Waals surface area (Å²) in [5, 5.41) is 11.8. The molecule has 1 unspecified atom stereocenters. The summed E-state index contributed by atoms with van der Waals surface area (Å²) < 4.78 is 36.3. The number of nitrogens with one attached hydrogen (secondary N) is 1. The van der Waals surface area contributed by atoms with E-state index >= 15 is 0 Å². The van der Waals surface area contributed by atoms with Crippen molar-refractivity contribution in [1.82, 2.24) is 5.32 Å². The number of hydrogen-bond donors (Lipinski definition) is 2. The minimum atomic E-state index is -2.82. The molecular weight excluding hydrogens is 429 g/mol. The van der Waals surface area contributed by atoms with Gasteiger partial charge in [0.2, 0.25) is 5.91 Å². The number of carbonyl (C=O) groups excluding carboxylic acids is 3. The van der Waals surface area contributed by atoms with Gasteiger partial charge in [-0.25, -0.2) is 13.4 Å². The van der Waals surface area contributed by atoms with Gasteiger partial charge in [0.05, 0.1) is 34.3 Å². The molecule has 0 spiro atoms. The molecule has 1 saturated heterocycles. The number of nitrogens with zero attached hydrogens (tertiary/aromatic N) is 2. The Kier molecular flexibility index (Phi) is 6.75. The molecule has 0 bridgehead atoms. The fourth-order valence-electron chi connectivity index (χ4n) is 3.28. The Hall–Kier alpha value is -2.79. The van der Waals surface area contributed by atoms with Crippen molar-refractivity contribution in [3.05, 3.63) is 35.7 Å². The summed E-state index contributed by atoms with van der Waals surface area (Å²) >= 11 is 0. The molecule has 1 fully saturated rings. The lowest BCUT2D eigenvalue weighted by Crippen LogP contribution is -2.33. The van der Waals surface area contributed by atoms with Crippen LogP contribution in [0.5, 0.6) is 0 Å². The Morgan fingerprint density at radius 2 is 2.19 bits per heavy atom. The molecule has 0 saturated carbocycles. The smallest absolute Gasteiger partial charge is 0.414 e. The highest BCUT2D eigenvalue weighted by molar-refractivity contribution is 7.94. The van der Waals surface area contributed by atoms with Crippen molar-refractivity contribution in [3.63, 3.8) is 0 Å². The predicted octanol–water partition coefficient (Wildman–Crippen LogP) is 1.45. The zero-order valence-corrected chi connectivity index (χ0v) is 18.0. The van der Waals surface area contributed by atoms with Gasteiger partial charge in [-0.2, -0.15) is 4.36 Å². The molecule has 0 aromatic heterocycles. The van der Waals surface area contributed by atoms with Gasteiger partial charge in [0.1, 0.15) is 18.0 Å². The average molecular weight is 453 g/mol. The second-order valence-corrected chi connectivity index (χ2v) is 9.92. The van der Waals surface area contributed by atoms with E-state index in [0.29, 0.717) is 16.8 Å². The normalized spacial score (nSPS) is 24.3. The molecule has 168 valence electrons. The highest BCUT2D eigenvalue weighted by Crippen LogP contribution is 2.30. The highest BCUT2D eigenvalue weighted by atomic mass is 32.2. The summed E-state index contributed by atoms with van der Waals surface area (Å²) in [5.74, 6) is -1.54. The number of rotatable bonds is 5. The monoisotopic (exact) mass is 453 g/mol. The molecule has 0 aliphatic carbocycles. The Morgan fingerprint density at radius 3 is 2.77 bits per heavy atom. The molecule has 3 atom stereocenters. The predicted molar refractivity (Wildman–Crippen MR) is 112 cm³/mol. The van der Waals surface area contributed by atoms with Gasteiger partial charge in [-0.05, 0) is 37.1 Å². The molecule has 2 N–H and O–H groups in total. The zero-order chi connectivity index (χ0) is 22.8. The van der Waals surface area contributed by atoms with Crippen molar-refractivity contribution >= 4 is 38.9 Å². The SMILES string of the molecule is CC(=O)NC[C@H]1CN(c2ccc(C3=CCS(=O)(=NC(=O)[C@H](C)O)CC3)c(F)c2)C(=O)O1. The molecule has 1 aromatic carbocycles. The summed E-state index contributed by atoms with van der Waals surface area (Å²) in [6.45, 7) is 2.97. The minimum absolute atomic E-state index is 0.00867. The van der Waals surface area contributed by atoms with Crippen LogP contribution in [0, 0.1) is 5.82 Å². The number of ether oxygens (including phenoxy) is 1. The van der Waals surface area contributed by atoms with E-state index < -0.39 is 39.8 Å². The molecule has 3 rings (SSSR count). The van der Waals surface area contributed by atoms with Crippen LogP contribution in [0.25, 0.3) is 5.57 Å². The summed E-state index contributed by atoms with van der Waals surface area (Å²) in [6.07, 6.45) is -0.610. The van der Waals surface area contributed by atoms with Crippen molar-refractivity contribution < 1.29 is 32.8 Å². The number of cyclic esters (lactones) is 1. The molecular formula is C20H24FN3O6S. The van der Waals surface area contributed by atoms with Crippen LogP contribution in [0.4, 0.5) is 14.9 Å². The van der Waals surface area contributed by atoms with Crippen LogP contribution >= 0.6 is 0 Å². The highest BCUT2D eigenvalue weighted by Gasteiger charge is 2.33. The number of carbonyl (C=O) groups is 3. The first kappa shape index (κ1) is 22.9. The van der Waals surface area contributed by atoms with E-state index in [0.717, 1.165) is 0 Å². The van der Waals surface area contributed by atoms with Crippen molar-refractivity contribution in [2.45, 2.75) is 32.5 Å². The van der Waals surface area contributed by atoms with Crippen LogP contribution in [0.2, 0.25) is 0 Å². The van der Waals surface area contributed by atoms with Crippen molar-refractivity contribution in [1.29, 1.82) is 0 Å². The molecule has 1 aromatic rings. The number of benzene rings is 1. The number of aliphatic hydroxyl groups is 1. The van der Waals surface area contributed by atoms with Gasteiger partial charge in [-0.15, -0.1) is 0 Å². The molecule has 0 radical (unpaired) electrons. The Bertz CT molecular complexity index is 1060. The Morgan fingerprint density at radius 1 is 1.45 bits per heavy atom. The number of anilines is 1. The molecule has 2 aliphatic rings. The molecule has 31 heavy (non-hydrogen) atoms. The lowest BCUT2D eigenvalue weighted by Gasteiger charge is -2.19. The largest absolute Gasteiger partial charge is 0.442 e. The minimum Gasteiger partial charge on any atom is -0.442 e. The van der Waals surface area contributed by atoms with Gasteiger partial charge < -0.3 is 15.2 Å². The third-order valence-electron chi connectivity index (χ3n) is 4.96. The maximum atomic E-state index is 14.8. The van der Waals surface area contributed by atoms with Gasteiger partial charge in [0, 0.05) is 18.2 Å². The number of hydrogen-bond acceptors (Lipinski definition) is 6. The van der Waals surface area contributed by atoms with Gasteiger partial charge in [-0.1, -0.05) is 6.08 Å². The molecule has 9 nitrogen and oxygen atoms in total. The van der Waals surface area contributed by atoms with E-state index in [1.807, 2.05) is 0 Å². The zero-order valence-electron chi connectivity index (χ0n) is 17.2. The first-order valence-corrected chi connectivity index (χ1v) is 11.6. The Balaban J connectivity index is 1.73. The Labute approximate surface area is 179 Å². The van der Waals surface area contributed by atoms with Crippen LogP contribution in [-0.4, -0.2) is 64.0 Å². The quantitative estimate of drug-likeness (QED) is 0.695.